The van der Waals surface area contributed by atoms with Crippen LogP contribution in [0.3, 0.4) is 0 Å². The van der Waals surface area contributed by atoms with Crippen molar-refractivity contribution in [1.82, 2.24) is 0 Å². The Hall–Kier alpha value is 0.602. The van der Waals surface area contributed by atoms with E-state index in [2.05, 4.69) is 43.7 Å². The van der Waals surface area contributed by atoms with Gasteiger partial charge in [0.15, 0.2) is 0 Å². The van der Waals surface area contributed by atoms with Crippen molar-refractivity contribution in [2.45, 2.75) is 95.3 Å². The smallest absolute Gasteiger partial charge is 0.0667 e. The monoisotopic (exact) mass is 470 g/mol. The Morgan fingerprint density at radius 3 is 1.88 bits per heavy atom. The van der Waals surface area contributed by atoms with E-state index in [4.69, 9.17) is 11.6 Å². The second-order valence-corrected chi connectivity index (χ2v) is 12.7. The Morgan fingerprint density at radius 2 is 1.44 bits per heavy atom. The summed E-state index contributed by atoms with van der Waals surface area (Å²) in [5.74, 6) is 0.597. The van der Waals surface area contributed by atoms with Crippen LogP contribution in [0.1, 0.15) is 89.5 Å². The van der Waals surface area contributed by atoms with Gasteiger partial charge in [0, 0.05) is 31.7 Å². The first kappa shape index (κ1) is 21.9. The van der Waals surface area contributed by atoms with Crippen LogP contribution in [-0.2, 0) is 20.4 Å². The fourth-order valence-electron chi connectivity index (χ4n) is 5.08. The molecule has 3 heteroatoms. The van der Waals surface area contributed by atoms with Crippen molar-refractivity contribution in [3.8, 4) is 0 Å². The van der Waals surface area contributed by atoms with Crippen LogP contribution in [-0.4, -0.2) is 11.3 Å². The molecule has 0 heterocycles. The number of rotatable bonds is 5. The molecule has 0 spiro atoms. The minimum absolute atomic E-state index is 0. The second-order valence-electron chi connectivity index (χ2n) is 8.27. The molecule has 144 valence electrons. The fraction of sp³-hybridized carbons (Fsp3) is 0.682. The maximum absolute atomic E-state index is 6.78. The van der Waals surface area contributed by atoms with Crippen LogP contribution in [0.4, 0.5) is 0 Å². The Balaban J connectivity index is 0.00000225. The first-order valence-electron chi connectivity index (χ1n) is 10.1. The number of hydrogen-bond acceptors (Lipinski definition) is 0. The predicted molar refractivity (Wildman–Crippen MR) is 111 cm³/mol. The minimum atomic E-state index is -1.41. The molecule has 0 N–H and O–H groups in total. The molecule has 0 aromatic heterocycles. The Morgan fingerprint density at radius 1 is 0.920 bits per heavy atom. The molecule has 0 bridgehead atoms. The van der Waals surface area contributed by atoms with Gasteiger partial charge in [-0.25, -0.2) is 0 Å². The maximum Gasteiger partial charge on any atom is 0.0667 e. The van der Waals surface area contributed by atoms with Gasteiger partial charge in [-0.15, -0.1) is 0 Å². The van der Waals surface area contributed by atoms with Crippen LogP contribution < -0.4 is 5.30 Å². The molecule has 3 rings (SSSR count). The van der Waals surface area contributed by atoms with E-state index in [1.54, 1.807) is 5.30 Å². The van der Waals surface area contributed by atoms with Crippen molar-refractivity contribution >= 4 is 24.2 Å². The first-order valence-corrected chi connectivity index (χ1v) is 12.5. The molecule has 2 aliphatic carbocycles. The Bertz CT molecular complexity index is 501. The second kappa shape index (κ2) is 10.2. The molecule has 0 unspecified atom stereocenters. The maximum atomic E-state index is 6.78. The van der Waals surface area contributed by atoms with E-state index in [-0.39, 0.29) is 20.4 Å². The third-order valence-electron chi connectivity index (χ3n) is 6.50. The molecule has 0 radical (unpaired) electrons. The van der Waals surface area contributed by atoms with E-state index >= 15 is 0 Å². The molecule has 2 fully saturated rings. The summed E-state index contributed by atoms with van der Waals surface area (Å²) in [4.78, 5) is 0. The van der Waals surface area contributed by atoms with Crippen LogP contribution >= 0.6 is 18.9 Å². The van der Waals surface area contributed by atoms with E-state index in [0.29, 0.717) is 5.92 Å². The summed E-state index contributed by atoms with van der Waals surface area (Å²) < 4.78 is 0. The topological polar surface area (TPSA) is 0 Å². The fourth-order valence-corrected chi connectivity index (χ4v) is 11.4. The van der Waals surface area contributed by atoms with Crippen LogP contribution in [0.2, 0.25) is 0 Å². The molecule has 2 aliphatic rings. The van der Waals surface area contributed by atoms with Crippen molar-refractivity contribution in [1.29, 1.82) is 0 Å². The third-order valence-corrected chi connectivity index (χ3v) is 12.4. The van der Waals surface area contributed by atoms with Gasteiger partial charge in [0.1, 0.15) is 0 Å². The van der Waals surface area contributed by atoms with Crippen LogP contribution in [0.5, 0.6) is 0 Å². The normalized spacial score (nSPS) is 20.5. The van der Waals surface area contributed by atoms with E-state index in [9.17, 15) is 0 Å². The van der Waals surface area contributed by atoms with E-state index in [0.717, 1.165) is 11.3 Å². The van der Waals surface area contributed by atoms with Gasteiger partial charge in [-0.3, -0.25) is 0 Å². The quantitative estimate of drug-likeness (QED) is 0.237. The number of hydrogen-bond donors (Lipinski definition) is 0. The molecule has 2 saturated carbocycles. The first-order chi connectivity index (χ1) is 11.7. The SMILES string of the molecule is CC(C)c1cccc([P+]([CH-]Cl)(C2CCCCC2)C2CCCCC2)c1.[Pd]. The zero-order chi connectivity index (χ0) is 17.0. The van der Waals surface area contributed by atoms with Crippen LogP contribution in [0, 0.1) is 5.62 Å². The largest absolute Gasteiger partial charge is 0.304 e. The average Bonchev–Trinajstić information content (AvgIpc) is 2.65. The molecular formula is C22H34ClPPd. The summed E-state index contributed by atoms with van der Waals surface area (Å²) in [6, 6.07) is 9.55. The standard InChI is InChI=1S/C22H34ClP.Pd/c1-18(2)19-10-9-15-22(16-19)24(17-23,20-11-5-3-6-12-20)21-13-7-4-8-14-21;/h9-10,15-18,20-21H,3-8,11-14H2,1-2H3;. The zero-order valence-corrected chi connectivity index (χ0v) is 19.0. The Kier molecular flexibility index (Phi) is 8.96. The van der Waals surface area contributed by atoms with Gasteiger partial charge in [-0.05, 0) is 75.0 Å². The summed E-state index contributed by atoms with van der Waals surface area (Å²) in [6.07, 6.45) is 14.1. The van der Waals surface area contributed by atoms with Crippen molar-refractivity contribution in [2.24, 2.45) is 0 Å². The van der Waals surface area contributed by atoms with E-state index < -0.39 is 7.26 Å². The van der Waals surface area contributed by atoms with Crippen molar-refractivity contribution < 1.29 is 20.4 Å². The molecule has 1 aromatic carbocycles. The van der Waals surface area contributed by atoms with Gasteiger partial charge < -0.3 is 11.6 Å². The molecule has 0 aliphatic heterocycles. The van der Waals surface area contributed by atoms with Crippen molar-refractivity contribution in [3.63, 3.8) is 0 Å². The molecule has 0 atom stereocenters. The predicted octanol–water partition coefficient (Wildman–Crippen LogP) is 7.47. The van der Waals surface area contributed by atoms with Crippen molar-refractivity contribution in [3.05, 3.63) is 35.5 Å². The molecule has 0 saturated heterocycles. The van der Waals surface area contributed by atoms with Crippen LogP contribution in [0.15, 0.2) is 24.3 Å². The summed E-state index contributed by atoms with van der Waals surface area (Å²) >= 11 is 6.78. The average molecular weight is 471 g/mol. The molecule has 0 nitrogen and oxygen atoms in total. The summed E-state index contributed by atoms with van der Waals surface area (Å²) in [5, 5.41) is 1.61. The zero-order valence-electron chi connectivity index (χ0n) is 15.8. The van der Waals surface area contributed by atoms with Gasteiger partial charge in [0.25, 0.3) is 0 Å². The van der Waals surface area contributed by atoms with Crippen molar-refractivity contribution in [2.75, 3.05) is 0 Å². The third kappa shape index (κ3) is 4.72. The molecule has 25 heavy (non-hydrogen) atoms. The number of halogens is 1. The molecular weight excluding hydrogens is 437 g/mol. The molecule has 0 amide bonds. The van der Waals surface area contributed by atoms with Gasteiger partial charge in [0.2, 0.25) is 0 Å². The summed E-state index contributed by atoms with van der Waals surface area (Å²) in [6.45, 7) is 4.62. The van der Waals surface area contributed by atoms with E-state index in [1.165, 1.54) is 69.8 Å². The molecule has 1 aromatic rings. The summed E-state index contributed by atoms with van der Waals surface area (Å²) in [7, 11) is -1.41. The number of benzene rings is 1. The van der Waals surface area contributed by atoms with E-state index in [1.807, 2.05) is 0 Å². The minimum Gasteiger partial charge on any atom is -0.304 e. The summed E-state index contributed by atoms with van der Waals surface area (Å²) in [5.41, 5.74) is 5.39. The van der Waals surface area contributed by atoms with Gasteiger partial charge in [-0.2, -0.15) is 0 Å². The Labute approximate surface area is 174 Å². The van der Waals surface area contributed by atoms with Crippen LogP contribution in [0.25, 0.3) is 0 Å². The van der Waals surface area contributed by atoms with Gasteiger partial charge in [-0.1, -0.05) is 51.7 Å². The van der Waals surface area contributed by atoms with Gasteiger partial charge >= 0.3 is 0 Å². The van der Waals surface area contributed by atoms with Gasteiger partial charge in [0.05, 0.1) is 5.30 Å².